The molecule has 3 aromatic carbocycles. The van der Waals surface area contributed by atoms with Crippen LogP contribution in [0, 0.1) is 6.92 Å². The molecule has 0 fully saturated rings. The minimum Gasteiger partial charge on any atom is -0.267 e. The Morgan fingerprint density at radius 1 is 0.967 bits per heavy atom. The second-order valence-corrected chi connectivity index (χ2v) is 8.82. The molecule has 0 unspecified atom stereocenters. The third-order valence-electron chi connectivity index (χ3n) is 4.44. The number of benzene rings is 3. The van der Waals surface area contributed by atoms with Gasteiger partial charge in [-0.2, -0.15) is 5.10 Å². The predicted octanol–water partition coefficient (Wildman–Crippen LogP) is 3.73. The van der Waals surface area contributed by atoms with Crippen molar-refractivity contribution >= 4 is 27.8 Å². The summed E-state index contributed by atoms with van der Waals surface area (Å²) in [6, 6.07) is 23.5. The summed E-state index contributed by atoms with van der Waals surface area (Å²) in [5.74, 6) is -0.377. The maximum absolute atomic E-state index is 12.3. The lowest BCUT2D eigenvalue weighted by molar-refractivity contribution is 0.0955. The molecular formula is C23H23N3O3S. The Morgan fingerprint density at radius 3 is 2.20 bits per heavy atom. The molecule has 1 amide bonds. The second-order valence-electron chi connectivity index (χ2n) is 6.91. The van der Waals surface area contributed by atoms with E-state index in [-0.39, 0.29) is 12.5 Å². The van der Waals surface area contributed by atoms with Gasteiger partial charge in [0, 0.05) is 5.56 Å². The number of aryl methyl sites for hydroxylation is 1. The number of nitrogens with zero attached hydrogens (tertiary/aromatic N) is 2. The highest BCUT2D eigenvalue weighted by atomic mass is 32.2. The summed E-state index contributed by atoms with van der Waals surface area (Å²) in [7, 11) is -3.49. The first-order valence-corrected chi connectivity index (χ1v) is 11.2. The second kappa shape index (κ2) is 9.37. The van der Waals surface area contributed by atoms with Crippen molar-refractivity contribution < 1.29 is 13.2 Å². The van der Waals surface area contributed by atoms with E-state index in [0.29, 0.717) is 11.3 Å². The van der Waals surface area contributed by atoms with Crippen molar-refractivity contribution in [1.82, 2.24) is 5.43 Å². The number of nitrogens with one attached hydrogen (secondary N) is 1. The molecule has 0 bridgehead atoms. The number of rotatable bonds is 7. The minimum absolute atomic E-state index is 0.214. The van der Waals surface area contributed by atoms with E-state index in [2.05, 4.69) is 10.5 Å². The van der Waals surface area contributed by atoms with Crippen LogP contribution in [0.3, 0.4) is 0 Å². The van der Waals surface area contributed by atoms with E-state index in [1.165, 1.54) is 10.6 Å². The van der Waals surface area contributed by atoms with Gasteiger partial charge in [-0.15, -0.1) is 0 Å². The van der Waals surface area contributed by atoms with Crippen LogP contribution in [-0.2, 0) is 16.6 Å². The normalized spacial score (nSPS) is 11.4. The van der Waals surface area contributed by atoms with Gasteiger partial charge in [0.1, 0.15) is 0 Å². The smallest absolute Gasteiger partial charge is 0.267 e. The first-order valence-electron chi connectivity index (χ1n) is 9.35. The van der Waals surface area contributed by atoms with Gasteiger partial charge in [0.05, 0.1) is 24.7 Å². The van der Waals surface area contributed by atoms with E-state index >= 15 is 0 Å². The number of hydrogen-bond acceptors (Lipinski definition) is 4. The highest BCUT2D eigenvalue weighted by Gasteiger charge is 2.18. The summed E-state index contributed by atoms with van der Waals surface area (Å²) >= 11 is 0. The lowest BCUT2D eigenvalue weighted by atomic mass is 10.1. The fourth-order valence-electron chi connectivity index (χ4n) is 2.81. The highest BCUT2D eigenvalue weighted by Crippen LogP contribution is 2.21. The van der Waals surface area contributed by atoms with Crippen molar-refractivity contribution in [3.05, 3.63) is 101 Å². The van der Waals surface area contributed by atoms with Crippen LogP contribution in [0.4, 0.5) is 5.69 Å². The van der Waals surface area contributed by atoms with Crippen molar-refractivity contribution in [2.24, 2.45) is 5.10 Å². The van der Waals surface area contributed by atoms with Gasteiger partial charge >= 0.3 is 0 Å². The summed E-state index contributed by atoms with van der Waals surface area (Å²) < 4.78 is 26.0. The molecule has 0 atom stereocenters. The Balaban J connectivity index is 1.72. The lowest BCUT2D eigenvalue weighted by Gasteiger charge is -2.22. The first-order chi connectivity index (χ1) is 14.3. The molecule has 0 saturated heterocycles. The van der Waals surface area contributed by atoms with E-state index in [9.17, 15) is 13.2 Å². The molecular weight excluding hydrogens is 398 g/mol. The Bertz CT molecular complexity index is 1120. The molecule has 0 aliphatic rings. The zero-order chi connectivity index (χ0) is 21.6. The highest BCUT2D eigenvalue weighted by molar-refractivity contribution is 7.92. The van der Waals surface area contributed by atoms with Gasteiger partial charge in [-0.1, -0.05) is 60.2 Å². The Kier molecular flexibility index (Phi) is 6.64. The maximum Gasteiger partial charge on any atom is 0.271 e. The first kappa shape index (κ1) is 21.3. The topological polar surface area (TPSA) is 78.8 Å². The van der Waals surface area contributed by atoms with Crippen molar-refractivity contribution in [1.29, 1.82) is 0 Å². The molecule has 0 aromatic heterocycles. The largest absolute Gasteiger partial charge is 0.271 e. The molecule has 0 aliphatic heterocycles. The molecule has 30 heavy (non-hydrogen) atoms. The third-order valence-corrected chi connectivity index (χ3v) is 5.58. The number of sulfonamides is 1. The summed E-state index contributed by atoms with van der Waals surface area (Å²) in [6.07, 6.45) is 2.72. The Morgan fingerprint density at radius 2 is 1.60 bits per heavy atom. The predicted molar refractivity (Wildman–Crippen MR) is 120 cm³/mol. The number of amides is 1. The SMILES string of the molecule is Cc1ccc(CN(c2ccc(C(=O)N/N=C\c3ccccc3)cc2)S(C)(=O)=O)cc1. The number of carbonyl (C=O) groups is 1. The average molecular weight is 422 g/mol. The maximum atomic E-state index is 12.3. The van der Waals surface area contributed by atoms with Gasteiger partial charge in [-0.3, -0.25) is 9.10 Å². The standard InChI is InChI=1S/C23H23N3O3S/c1-18-8-10-20(11-9-18)17-26(30(2,28)29)22-14-12-21(13-15-22)23(27)25-24-16-19-6-4-3-5-7-19/h3-16H,17H2,1-2H3,(H,25,27)/b24-16-. The van der Waals surface area contributed by atoms with Crippen LogP contribution in [0.15, 0.2) is 84.0 Å². The summed E-state index contributed by atoms with van der Waals surface area (Å²) in [5, 5.41) is 3.95. The zero-order valence-corrected chi connectivity index (χ0v) is 17.6. The molecule has 1 N–H and O–H groups in total. The van der Waals surface area contributed by atoms with Crippen LogP contribution in [0.2, 0.25) is 0 Å². The Hall–Kier alpha value is -3.45. The summed E-state index contributed by atoms with van der Waals surface area (Å²) in [5.41, 5.74) is 6.19. The molecule has 0 spiro atoms. The molecule has 154 valence electrons. The van der Waals surface area contributed by atoms with E-state index < -0.39 is 10.0 Å². The lowest BCUT2D eigenvalue weighted by Crippen LogP contribution is -2.29. The summed E-state index contributed by atoms with van der Waals surface area (Å²) in [6.45, 7) is 2.19. The molecule has 7 heteroatoms. The van der Waals surface area contributed by atoms with Crippen molar-refractivity contribution in [3.63, 3.8) is 0 Å². The molecule has 0 radical (unpaired) electrons. The van der Waals surface area contributed by atoms with E-state index in [0.717, 1.165) is 16.7 Å². The van der Waals surface area contributed by atoms with Gasteiger partial charge in [0.2, 0.25) is 10.0 Å². The van der Waals surface area contributed by atoms with Crippen molar-refractivity contribution in [2.75, 3.05) is 10.6 Å². The molecule has 0 saturated carbocycles. The number of hydrazone groups is 1. The zero-order valence-electron chi connectivity index (χ0n) is 16.8. The monoisotopic (exact) mass is 421 g/mol. The van der Waals surface area contributed by atoms with Gasteiger partial charge in [-0.25, -0.2) is 13.8 Å². The fourth-order valence-corrected chi connectivity index (χ4v) is 3.70. The van der Waals surface area contributed by atoms with Gasteiger partial charge in [0.25, 0.3) is 5.91 Å². The molecule has 0 heterocycles. The van der Waals surface area contributed by atoms with E-state index in [1.807, 2.05) is 61.5 Å². The van der Waals surface area contributed by atoms with Crippen LogP contribution in [0.1, 0.15) is 27.0 Å². The van der Waals surface area contributed by atoms with E-state index in [4.69, 9.17) is 0 Å². The number of hydrogen-bond donors (Lipinski definition) is 1. The minimum atomic E-state index is -3.49. The quantitative estimate of drug-likeness (QED) is 0.466. The molecule has 3 aromatic rings. The van der Waals surface area contributed by atoms with Crippen LogP contribution < -0.4 is 9.73 Å². The Labute approximate surface area is 176 Å². The van der Waals surface area contributed by atoms with E-state index in [1.54, 1.807) is 30.5 Å². The van der Waals surface area contributed by atoms with Crippen molar-refractivity contribution in [2.45, 2.75) is 13.5 Å². The van der Waals surface area contributed by atoms with Crippen LogP contribution >= 0.6 is 0 Å². The van der Waals surface area contributed by atoms with Crippen LogP contribution in [0.5, 0.6) is 0 Å². The van der Waals surface area contributed by atoms with Crippen LogP contribution in [-0.4, -0.2) is 26.8 Å². The van der Waals surface area contributed by atoms with Crippen molar-refractivity contribution in [3.8, 4) is 0 Å². The summed E-state index contributed by atoms with van der Waals surface area (Å²) in [4.78, 5) is 12.3. The van der Waals surface area contributed by atoms with Gasteiger partial charge < -0.3 is 0 Å². The fraction of sp³-hybridized carbons (Fsp3) is 0.130. The number of anilines is 1. The van der Waals surface area contributed by atoms with Gasteiger partial charge in [0.15, 0.2) is 0 Å². The molecule has 6 nitrogen and oxygen atoms in total. The van der Waals surface area contributed by atoms with Crippen LogP contribution in [0.25, 0.3) is 0 Å². The molecule has 3 rings (SSSR count). The molecule has 0 aliphatic carbocycles. The average Bonchev–Trinajstić information content (AvgIpc) is 2.73. The van der Waals surface area contributed by atoms with Gasteiger partial charge in [-0.05, 0) is 42.3 Å². The number of carbonyl (C=O) groups excluding carboxylic acids is 1. The third kappa shape index (κ3) is 5.78.